The fourth-order valence-electron chi connectivity index (χ4n) is 2.57. The molecule has 4 N–H and O–H groups in total. The van der Waals surface area contributed by atoms with Crippen LogP contribution in [-0.2, 0) is 6.54 Å². The van der Waals surface area contributed by atoms with E-state index in [2.05, 4.69) is 15.3 Å². The van der Waals surface area contributed by atoms with Crippen LogP contribution in [0.4, 0.5) is 0 Å². The van der Waals surface area contributed by atoms with Crippen molar-refractivity contribution in [3.05, 3.63) is 59.4 Å². The predicted octanol–water partition coefficient (Wildman–Crippen LogP) is 2.53. The van der Waals surface area contributed by atoms with Crippen molar-refractivity contribution in [1.82, 2.24) is 15.3 Å². The molecule has 0 saturated heterocycles. The maximum absolute atomic E-state index is 12.6. The number of nitrogens with two attached hydrogens (primary N) is 1. The van der Waals surface area contributed by atoms with E-state index in [-0.39, 0.29) is 5.91 Å². The van der Waals surface area contributed by atoms with Crippen molar-refractivity contribution in [3.8, 4) is 5.75 Å². The number of ether oxygens (including phenoxy) is 1. The lowest BCUT2D eigenvalue weighted by Gasteiger charge is -2.12. The minimum atomic E-state index is -0.160. The molecular formula is C19H22N4O2. The van der Waals surface area contributed by atoms with Crippen LogP contribution in [0.15, 0.2) is 42.7 Å². The smallest absolute Gasteiger partial charge is 0.255 e. The van der Waals surface area contributed by atoms with Gasteiger partial charge in [0.15, 0.2) is 0 Å². The molecule has 0 atom stereocenters. The zero-order valence-corrected chi connectivity index (χ0v) is 14.2. The highest BCUT2D eigenvalue weighted by Gasteiger charge is 2.13. The summed E-state index contributed by atoms with van der Waals surface area (Å²) in [5.74, 6) is 0.433. The molecule has 130 valence electrons. The van der Waals surface area contributed by atoms with Gasteiger partial charge in [0.1, 0.15) is 5.75 Å². The number of carbonyl (C=O) groups excluding carboxylic acids is 1. The Kier molecular flexibility index (Phi) is 5.30. The molecule has 0 aliphatic rings. The van der Waals surface area contributed by atoms with Crippen LogP contribution in [0.2, 0.25) is 0 Å². The fraction of sp³-hybridized carbons (Fsp3) is 0.263. The quantitative estimate of drug-likeness (QED) is 0.577. The average Bonchev–Trinajstić information content (AvgIpc) is 3.08. The Labute approximate surface area is 146 Å². The zero-order chi connectivity index (χ0) is 17.6. The highest BCUT2D eigenvalue weighted by molar-refractivity contribution is 5.97. The number of aromatic amines is 1. The second kappa shape index (κ2) is 7.81. The molecule has 2 aromatic carbocycles. The topological polar surface area (TPSA) is 93.0 Å². The van der Waals surface area contributed by atoms with E-state index < -0.39 is 0 Å². The summed E-state index contributed by atoms with van der Waals surface area (Å²) in [6.07, 6.45) is 2.41. The van der Waals surface area contributed by atoms with Gasteiger partial charge in [-0.15, -0.1) is 0 Å². The van der Waals surface area contributed by atoms with Gasteiger partial charge in [0.2, 0.25) is 0 Å². The van der Waals surface area contributed by atoms with Gasteiger partial charge in [-0.2, -0.15) is 0 Å². The normalized spacial score (nSPS) is 10.8. The molecular weight excluding hydrogens is 316 g/mol. The number of aryl methyl sites for hydroxylation is 1. The van der Waals surface area contributed by atoms with Crippen molar-refractivity contribution in [2.45, 2.75) is 19.9 Å². The monoisotopic (exact) mass is 338 g/mol. The number of H-pyrrole nitrogens is 1. The number of fused-ring (bicyclic) bond motifs is 1. The van der Waals surface area contributed by atoms with Crippen LogP contribution >= 0.6 is 0 Å². The van der Waals surface area contributed by atoms with Gasteiger partial charge in [0, 0.05) is 6.54 Å². The van der Waals surface area contributed by atoms with Crippen LogP contribution in [0.5, 0.6) is 5.75 Å². The summed E-state index contributed by atoms with van der Waals surface area (Å²) in [7, 11) is 0. The number of rotatable bonds is 7. The van der Waals surface area contributed by atoms with E-state index in [1.165, 1.54) is 0 Å². The molecule has 25 heavy (non-hydrogen) atoms. The van der Waals surface area contributed by atoms with E-state index in [9.17, 15) is 4.79 Å². The summed E-state index contributed by atoms with van der Waals surface area (Å²) in [5.41, 5.74) is 9.94. The number of carbonyl (C=O) groups is 1. The lowest BCUT2D eigenvalue weighted by Crippen LogP contribution is -2.23. The maximum Gasteiger partial charge on any atom is 0.255 e. The van der Waals surface area contributed by atoms with E-state index in [1.807, 2.05) is 37.3 Å². The van der Waals surface area contributed by atoms with Gasteiger partial charge in [0.25, 0.3) is 5.91 Å². The minimum absolute atomic E-state index is 0.160. The molecule has 0 aliphatic carbocycles. The molecule has 3 aromatic rings. The number of nitrogens with zero attached hydrogens (tertiary/aromatic N) is 1. The lowest BCUT2D eigenvalue weighted by atomic mass is 10.1. The molecule has 0 radical (unpaired) electrons. The Morgan fingerprint density at radius 2 is 2.16 bits per heavy atom. The summed E-state index contributed by atoms with van der Waals surface area (Å²) < 4.78 is 5.72. The molecule has 0 spiro atoms. The van der Waals surface area contributed by atoms with Crippen molar-refractivity contribution in [3.63, 3.8) is 0 Å². The Balaban J connectivity index is 1.69. The number of aromatic nitrogens is 2. The molecule has 6 heteroatoms. The summed E-state index contributed by atoms with van der Waals surface area (Å²) in [5, 5.41) is 2.94. The van der Waals surface area contributed by atoms with E-state index in [4.69, 9.17) is 10.5 Å². The molecule has 1 amide bonds. The van der Waals surface area contributed by atoms with Crippen LogP contribution in [0.25, 0.3) is 11.0 Å². The number of imidazole rings is 1. The number of hydrogen-bond donors (Lipinski definition) is 3. The fourth-order valence-corrected chi connectivity index (χ4v) is 2.57. The molecule has 1 heterocycles. The van der Waals surface area contributed by atoms with Crippen LogP contribution in [-0.4, -0.2) is 29.0 Å². The summed E-state index contributed by atoms with van der Waals surface area (Å²) in [4.78, 5) is 19.8. The third kappa shape index (κ3) is 4.16. The predicted molar refractivity (Wildman–Crippen MR) is 97.6 cm³/mol. The molecule has 0 aliphatic heterocycles. The Morgan fingerprint density at radius 3 is 3.00 bits per heavy atom. The van der Waals surface area contributed by atoms with Gasteiger partial charge < -0.3 is 20.8 Å². The van der Waals surface area contributed by atoms with E-state index in [0.717, 1.165) is 28.6 Å². The van der Waals surface area contributed by atoms with E-state index in [0.29, 0.717) is 31.0 Å². The molecule has 6 nitrogen and oxygen atoms in total. The molecule has 3 rings (SSSR count). The Hall–Kier alpha value is -2.86. The van der Waals surface area contributed by atoms with Crippen molar-refractivity contribution >= 4 is 16.9 Å². The number of hydrogen-bond acceptors (Lipinski definition) is 4. The lowest BCUT2D eigenvalue weighted by molar-refractivity contribution is 0.0947. The first-order valence-corrected chi connectivity index (χ1v) is 8.31. The molecule has 0 fully saturated rings. The first-order chi connectivity index (χ1) is 12.2. The Morgan fingerprint density at radius 1 is 1.28 bits per heavy atom. The van der Waals surface area contributed by atoms with Crippen LogP contribution < -0.4 is 15.8 Å². The Bertz CT molecular complexity index is 873. The van der Waals surface area contributed by atoms with Gasteiger partial charge in [0.05, 0.1) is 29.5 Å². The van der Waals surface area contributed by atoms with Crippen molar-refractivity contribution in [1.29, 1.82) is 0 Å². The van der Waals surface area contributed by atoms with Crippen LogP contribution in [0, 0.1) is 6.92 Å². The first kappa shape index (κ1) is 17.0. The summed E-state index contributed by atoms with van der Waals surface area (Å²) in [6, 6.07) is 11.4. The number of nitrogens with one attached hydrogen (secondary N) is 2. The van der Waals surface area contributed by atoms with E-state index in [1.54, 1.807) is 12.4 Å². The second-order valence-electron chi connectivity index (χ2n) is 5.93. The molecule has 0 saturated carbocycles. The van der Waals surface area contributed by atoms with Gasteiger partial charge >= 0.3 is 0 Å². The van der Waals surface area contributed by atoms with Crippen molar-refractivity contribution in [2.75, 3.05) is 13.2 Å². The van der Waals surface area contributed by atoms with Gasteiger partial charge in [-0.1, -0.05) is 12.1 Å². The second-order valence-corrected chi connectivity index (χ2v) is 5.93. The minimum Gasteiger partial charge on any atom is -0.493 e. The third-order valence-corrected chi connectivity index (χ3v) is 3.93. The van der Waals surface area contributed by atoms with Gasteiger partial charge in [-0.25, -0.2) is 4.98 Å². The van der Waals surface area contributed by atoms with Crippen LogP contribution in [0.1, 0.15) is 27.9 Å². The molecule has 0 unspecified atom stereocenters. The van der Waals surface area contributed by atoms with Gasteiger partial charge in [-0.3, -0.25) is 4.79 Å². The standard InChI is InChI=1S/C19H22N4O2/c1-13-3-5-15(18(9-13)25-8-2-7-20)19(24)21-11-14-4-6-16-17(10-14)23-12-22-16/h3-6,9-10,12H,2,7-8,11,20H2,1H3,(H,21,24)(H,22,23). The number of amides is 1. The molecule has 0 bridgehead atoms. The SMILES string of the molecule is Cc1ccc(C(=O)NCc2ccc3nc[nH]c3c2)c(OCCCN)c1. The highest BCUT2D eigenvalue weighted by Crippen LogP contribution is 2.21. The van der Waals surface area contributed by atoms with Crippen LogP contribution in [0.3, 0.4) is 0 Å². The molecule has 1 aromatic heterocycles. The summed E-state index contributed by atoms with van der Waals surface area (Å²) in [6.45, 7) is 3.46. The number of benzene rings is 2. The third-order valence-electron chi connectivity index (χ3n) is 3.93. The van der Waals surface area contributed by atoms with Gasteiger partial charge in [-0.05, 0) is 55.3 Å². The first-order valence-electron chi connectivity index (χ1n) is 8.31. The summed E-state index contributed by atoms with van der Waals surface area (Å²) >= 11 is 0. The highest BCUT2D eigenvalue weighted by atomic mass is 16.5. The van der Waals surface area contributed by atoms with Crippen molar-refractivity contribution < 1.29 is 9.53 Å². The largest absolute Gasteiger partial charge is 0.493 e. The van der Waals surface area contributed by atoms with E-state index >= 15 is 0 Å². The maximum atomic E-state index is 12.6. The average molecular weight is 338 g/mol. The zero-order valence-electron chi connectivity index (χ0n) is 14.2. The van der Waals surface area contributed by atoms with Crippen molar-refractivity contribution in [2.24, 2.45) is 5.73 Å².